The Morgan fingerprint density at radius 1 is 0.561 bits per heavy atom. The average Bonchev–Trinajstić information content (AvgIpc) is 3.42. The fourth-order valence-corrected chi connectivity index (χ4v) is 9.99. The Bertz CT molecular complexity index is 1850. The number of carbonyl (C=O) groups excluding carboxylic acids is 1. The van der Waals surface area contributed by atoms with E-state index < -0.39 is 10.8 Å². The highest BCUT2D eigenvalue weighted by Crippen LogP contribution is 2.82. The van der Waals surface area contributed by atoms with Crippen LogP contribution in [0.2, 0.25) is 0 Å². The van der Waals surface area contributed by atoms with E-state index in [2.05, 4.69) is 50.3 Å². The van der Waals surface area contributed by atoms with E-state index >= 15 is 0 Å². The first-order valence-electron chi connectivity index (χ1n) is 14.5. The second-order valence-corrected chi connectivity index (χ2v) is 12.7. The van der Waals surface area contributed by atoms with Crippen molar-refractivity contribution in [1.29, 1.82) is 0 Å². The molecule has 2 aliphatic heterocycles. The van der Waals surface area contributed by atoms with Crippen molar-refractivity contribution in [2.45, 2.75) is 25.9 Å². The molecule has 0 saturated heterocycles. The van der Waals surface area contributed by atoms with Gasteiger partial charge in [-0.25, -0.2) is 23.5 Å². The van der Waals surface area contributed by atoms with Gasteiger partial charge in [-0.15, -0.1) is 0 Å². The summed E-state index contributed by atoms with van der Waals surface area (Å²) in [6, 6.07) is 29.4. The molecule has 2 saturated carbocycles. The molecule has 0 unspecified atom stereocenters. The first-order valence-corrected chi connectivity index (χ1v) is 14.5. The molecule has 4 bridgehead atoms. The Kier molecular flexibility index (Phi) is 4.22. The summed E-state index contributed by atoms with van der Waals surface area (Å²) in [5, 5.41) is 0. The smallest absolute Gasteiger partial charge is 0.298 e. The Labute approximate surface area is 236 Å². The van der Waals surface area contributed by atoms with Gasteiger partial charge in [0.05, 0.1) is 28.6 Å². The van der Waals surface area contributed by atoms with Crippen molar-refractivity contribution in [3.63, 3.8) is 0 Å². The zero-order valence-electron chi connectivity index (χ0n) is 22.8. The van der Waals surface area contributed by atoms with Crippen molar-refractivity contribution in [3.8, 4) is 5.69 Å². The van der Waals surface area contributed by atoms with E-state index in [1.54, 1.807) is 21.5 Å². The molecule has 3 aromatic carbocycles. The number of fused-ring (bicyclic) bond motifs is 5. The number of hydrogen-bond acceptors (Lipinski definition) is 3. The van der Waals surface area contributed by atoms with Gasteiger partial charge in [-0.3, -0.25) is 4.79 Å². The number of aromatic nitrogens is 3. The summed E-state index contributed by atoms with van der Waals surface area (Å²) < 4.78 is 4.67. The minimum atomic E-state index is -0.685. The molecular formula is C35H29N3O3. The zero-order chi connectivity index (χ0) is 27.8. The summed E-state index contributed by atoms with van der Waals surface area (Å²) in [7, 11) is 0. The normalized spacial score (nSPS) is 35.3. The van der Waals surface area contributed by atoms with E-state index in [0.29, 0.717) is 5.69 Å². The molecule has 3 heterocycles. The van der Waals surface area contributed by atoms with Gasteiger partial charge in [0.25, 0.3) is 0 Å². The van der Waals surface area contributed by atoms with Crippen LogP contribution in [0, 0.1) is 34.5 Å². The van der Waals surface area contributed by atoms with Crippen LogP contribution >= 0.6 is 0 Å². The van der Waals surface area contributed by atoms with Gasteiger partial charge in [-0.1, -0.05) is 91.0 Å². The fraction of sp³-hybridized carbons (Fsp3) is 0.286. The van der Waals surface area contributed by atoms with E-state index in [1.165, 1.54) is 4.57 Å². The third-order valence-electron chi connectivity index (χ3n) is 11.2. The Morgan fingerprint density at radius 3 is 1.37 bits per heavy atom. The van der Waals surface area contributed by atoms with Crippen molar-refractivity contribution in [2.75, 3.05) is 0 Å². The van der Waals surface area contributed by atoms with E-state index in [9.17, 15) is 14.4 Å². The van der Waals surface area contributed by atoms with E-state index in [-0.39, 0.29) is 52.9 Å². The monoisotopic (exact) mass is 539 g/mol. The van der Waals surface area contributed by atoms with Gasteiger partial charge < -0.3 is 0 Å². The van der Waals surface area contributed by atoms with Gasteiger partial charge in [0.2, 0.25) is 0 Å². The molecule has 4 aliphatic carbocycles. The molecule has 2 fully saturated rings. The van der Waals surface area contributed by atoms with Crippen molar-refractivity contribution in [3.05, 3.63) is 135 Å². The van der Waals surface area contributed by atoms with Crippen LogP contribution in [0.4, 0.5) is 0 Å². The molecule has 8 atom stereocenters. The predicted octanol–water partition coefficient (Wildman–Crippen LogP) is 5.16. The highest BCUT2D eigenvalue weighted by atomic mass is 16.2. The molecule has 41 heavy (non-hydrogen) atoms. The van der Waals surface area contributed by atoms with Crippen molar-refractivity contribution < 1.29 is 4.79 Å². The van der Waals surface area contributed by atoms with Gasteiger partial charge in [-0.05, 0) is 71.9 Å². The second kappa shape index (κ2) is 7.43. The number of allylic oxidation sites excluding steroid dienone is 4. The van der Waals surface area contributed by atoms with E-state index in [1.807, 2.05) is 54.6 Å². The Morgan fingerprint density at radius 2 is 0.951 bits per heavy atom. The molecule has 0 N–H and O–H groups in total. The van der Waals surface area contributed by atoms with Crippen LogP contribution in [0.5, 0.6) is 0 Å². The van der Waals surface area contributed by atoms with Crippen molar-refractivity contribution in [2.24, 2.45) is 34.5 Å². The predicted molar refractivity (Wildman–Crippen MR) is 156 cm³/mol. The van der Waals surface area contributed by atoms with Crippen LogP contribution in [0.25, 0.3) is 16.8 Å². The number of rotatable bonds is 3. The van der Waals surface area contributed by atoms with Crippen LogP contribution in [0.3, 0.4) is 0 Å². The molecule has 6 nitrogen and oxygen atoms in total. The second-order valence-electron chi connectivity index (χ2n) is 12.7. The minimum Gasteiger partial charge on any atom is -0.298 e. The standard InChI is InChI=1S/C35H29N3O3/c1-34-27(20-12-6-3-7-13-20)28(21-14-8-4-9-15-21)35(2,31(34)39)30-26-24-19-18-23(25(26)29(30)34)37-32(40)36(33(41)38(24)37)22-16-10-5-11-17-22/h3-19,23-26,29-30H,1-2H3/t23-,24-,25-,26+,29-,30-,34-,35+/m0/s1. The Hall–Kier alpha value is -4.45. The number of carbonyl (C=O) groups is 1. The molecule has 10 rings (SSSR count). The minimum absolute atomic E-state index is 0.0842. The lowest BCUT2D eigenvalue weighted by Gasteiger charge is -2.65. The molecule has 0 spiro atoms. The zero-order valence-corrected chi connectivity index (χ0v) is 22.8. The van der Waals surface area contributed by atoms with Crippen LogP contribution in [0.1, 0.15) is 37.1 Å². The van der Waals surface area contributed by atoms with Gasteiger partial charge in [-0.2, -0.15) is 0 Å². The molecule has 6 heteroatoms. The summed E-state index contributed by atoms with van der Waals surface area (Å²) in [6.07, 6.45) is 4.23. The van der Waals surface area contributed by atoms with Crippen LogP contribution in [0.15, 0.2) is 113 Å². The third-order valence-corrected chi connectivity index (χ3v) is 11.2. The van der Waals surface area contributed by atoms with Crippen LogP contribution in [-0.4, -0.2) is 19.7 Å². The number of hydrogen-bond donors (Lipinski definition) is 0. The SMILES string of the molecule is C[C@@]12C(=O)[C@@](C)(C(c3ccccc3)=C1c1ccccc1)[C@H]1[C@@H]3[C@H]([C@@H]12)[C@@H]1C=C[C@@H]3n2c(=O)n(-c3ccccc3)c(=O)n21. The molecule has 1 aromatic heterocycles. The van der Waals surface area contributed by atoms with Crippen molar-refractivity contribution >= 4 is 16.9 Å². The maximum absolute atomic E-state index is 14.8. The maximum Gasteiger partial charge on any atom is 0.352 e. The molecular weight excluding hydrogens is 510 g/mol. The maximum atomic E-state index is 14.8. The van der Waals surface area contributed by atoms with E-state index in [4.69, 9.17) is 0 Å². The highest BCUT2D eigenvalue weighted by molar-refractivity contribution is 6.23. The largest absolute Gasteiger partial charge is 0.352 e. The fourth-order valence-electron chi connectivity index (χ4n) is 9.99. The molecule has 0 amide bonds. The topological polar surface area (TPSA) is 66.0 Å². The molecule has 0 radical (unpaired) electrons. The molecule has 6 aliphatic rings. The Balaban J connectivity index is 1.28. The summed E-state index contributed by atoms with van der Waals surface area (Å²) >= 11 is 0. The number of nitrogens with zero attached hydrogens (tertiary/aromatic N) is 3. The highest BCUT2D eigenvalue weighted by Gasteiger charge is 2.82. The first-order chi connectivity index (χ1) is 19.9. The average molecular weight is 540 g/mol. The number of ketones is 1. The number of Topliss-reactive ketones (excluding diaryl/α,β-unsaturated/α-hetero) is 1. The molecule has 202 valence electrons. The third kappa shape index (κ3) is 2.42. The molecule has 4 aromatic rings. The lowest BCUT2D eigenvalue weighted by Crippen LogP contribution is -2.65. The van der Waals surface area contributed by atoms with Crippen LogP contribution < -0.4 is 11.4 Å². The number of benzene rings is 3. The number of para-hydroxylation sites is 1. The van der Waals surface area contributed by atoms with Crippen LogP contribution in [-0.2, 0) is 4.79 Å². The lowest BCUT2D eigenvalue weighted by atomic mass is 9.40. The lowest BCUT2D eigenvalue weighted by molar-refractivity contribution is -0.138. The summed E-state index contributed by atoms with van der Waals surface area (Å²) in [6.45, 7) is 4.31. The van der Waals surface area contributed by atoms with E-state index in [0.717, 1.165) is 22.3 Å². The first kappa shape index (κ1) is 23.3. The summed E-state index contributed by atoms with van der Waals surface area (Å²) in [5.74, 6) is 0.656. The van der Waals surface area contributed by atoms with Crippen molar-refractivity contribution in [1.82, 2.24) is 13.9 Å². The quantitative estimate of drug-likeness (QED) is 0.338. The summed E-state index contributed by atoms with van der Waals surface area (Å²) in [4.78, 5) is 42.6. The van der Waals surface area contributed by atoms with Gasteiger partial charge in [0, 0.05) is 0 Å². The van der Waals surface area contributed by atoms with Gasteiger partial charge in [0.15, 0.2) is 5.78 Å². The van der Waals surface area contributed by atoms with Gasteiger partial charge in [0.1, 0.15) is 0 Å². The summed E-state index contributed by atoms with van der Waals surface area (Å²) in [5.41, 5.74) is 3.04. The van der Waals surface area contributed by atoms with Gasteiger partial charge >= 0.3 is 11.4 Å².